The van der Waals surface area contributed by atoms with Crippen LogP contribution >= 0.6 is 0 Å². The third-order valence-electron chi connectivity index (χ3n) is 4.86. The van der Waals surface area contributed by atoms with Gasteiger partial charge in [-0.05, 0) is 54.5 Å². The van der Waals surface area contributed by atoms with Crippen molar-refractivity contribution in [2.24, 2.45) is 0 Å². The average molecular weight is 449 g/mol. The van der Waals surface area contributed by atoms with E-state index in [1.807, 2.05) is 0 Å². The first kappa shape index (κ1) is 22.2. The summed E-state index contributed by atoms with van der Waals surface area (Å²) in [6.07, 6.45) is 4.31. The number of hydrogen-bond acceptors (Lipinski definition) is 8. The second kappa shape index (κ2) is 8.72. The highest BCUT2D eigenvalue weighted by atomic mass is 32.2. The molecule has 2 aromatic rings. The van der Waals surface area contributed by atoms with Crippen LogP contribution in [0.15, 0.2) is 65.7 Å². The fourth-order valence-corrected chi connectivity index (χ4v) is 4.03. The number of hydrogen-bond donors (Lipinski definition) is 1. The van der Waals surface area contributed by atoms with Crippen molar-refractivity contribution in [3.63, 3.8) is 0 Å². The van der Waals surface area contributed by atoms with E-state index >= 15 is 0 Å². The number of nitrogens with zero attached hydrogens (tertiary/aromatic N) is 2. The molecule has 0 aliphatic carbocycles. The summed E-state index contributed by atoms with van der Waals surface area (Å²) in [4.78, 5) is 28.1. The summed E-state index contributed by atoms with van der Waals surface area (Å²) in [5.41, 5.74) is 2.57. The van der Waals surface area contributed by atoms with E-state index in [2.05, 4.69) is 10.3 Å². The van der Waals surface area contributed by atoms with Crippen LogP contribution in [0.3, 0.4) is 0 Å². The van der Waals surface area contributed by atoms with E-state index in [4.69, 9.17) is 0 Å². The molecule has 0 amide bonds. The third kappa shape index (κ3) is 4.66. The lowest BCUT2D eigenvalue weighted by Gasteiger charge is -2.38. The molecular weight excluding hydrogens is 429 g/mol. The normalized spacial score (nSPS) is 17.9. The topological polar surface area (TPSA) is 119 Å². The van der Waals surface area contributed by atoms with Gasteiger partial charge in [-0.2, -0.15) is 0 Å². The minimum atomic E-state index is -3.43. The van der Waals surface area contributed by atoms with Crippen molar-refractivity contribution in [3.05, 3.63) is 82.3 Å². The maximum atomic E-state index is 13.4. The Bertz CT molecular complexity index is 1100. The van der Waals surface area contributed by atoms with Gasteiger partial charge in [0.1, 0.15) is 5.82 Å². The molecule has 0 bridgehead atoms. The highest BCUT2D eigenvalue weighted by Gasteiger charge is 2.46. The van der Waals surface area contributed by atoms with E-state index in [0.717, 1.165) is 6.26 Å². The molecule has 31 heavy (non-hydrogen) atoms. The Kier molecular flexibility index (Phi) is 6.25. The third-order valence-corrected chi connectivity index (χ3v) is 5.99. The van der Waals surface area contributed by atoms with Gasteiger partial charge in [-0.25, -0.2) is 12.8 Å². The average Bonchev–Trinajstić information content (AvgIpc) is 3.17. The van der Waals surface area contributed by atoms with Crippen molar-refractivity contribution in [2.45, 2.75) is 23.3 Å². The highest BCUT2D eigenvalue weighted by molar-refractivity contribution is 7.90. The number of benzene rings is 2. The summed E-state index contributed by atoms with van der Waals surface area (Å²) in [7, 11) is -3.43. The van der Waals surface area contributed by atoms with Crippen LogP contribution in [0.2, 0.25) is 0 Å². The molecule has 0 saturated carbocycles. The van der Waals surface area contributed by atoms with Crippen molar-refractivity contribution in [3.8, 4) is 0 Å². The zero-order valence-electron chi connectivity index (χ0n) is 16.5. The summed E-state index contributed by atoms with van der Waals surface area (Å²) in [5, 5.41) is 11.0. The lowest BCUT2D eigenvalue weighted by molar-refractivity contribution is -0.757. The van der Waals surface area contributed by atoms with E-state index in [-0.39, 0.29) is 30.1 Å². The molecule has 2 aromatic carbocycles. The highest BCUT2D eigenvalue weighted by Crippen LogP contribution is 2.38. The lowest BCUT2D eigenvalue weighted by Crippen LogP contribution is -2.52. The van der Waals surface area contributed by atoms with E-state index in [1.54, 1.807) is 17.3 Å². The van der Waals surface area contributed by atoms with Crippen LogP contribution in [0.4, 0.5) is 10.1 Å². The molecule has 0 spiro atoms. The number of carbonyl (C=O) groups is 1. The molecule has 0 fully saturated rings. The van der Waals surface area contributed by atoms with Crippen molar-refractivity contribution < 1.29 is 27.5 Å². The summed E-state index contributed by atoms with van der Waals surface area (Å²) in [6.45, 7) is -0.241. The second-order valence-corrected chi connectivity index (χ2v) is 8.94. The quantitative estimate of drug-likeness (QED) is 0.352. The van der Waals surface area contributed by atoms with E-state index < -0.39 is 26.3 Å². The number of ketones is 1. The standard InChI is InChI=1S/C20H20FN3O6S/c1-31(28,29)18-10-4-15(5-11-18)20(19(25)3-2-14-30-24(26)27)12-13-22-23(20)17-8-6-16(21)7-9-17/h4-13,22H,2-3,14H2,1H3. The van der Waals surface area contributed by atoms with Crippen LogP contribution in [-0.2, 0) is 25.0 Å². The van der Waals surface area contributed by atoms with Gasteiger partial charge in [0, 0.05) is 18.9 Å². The zero-order chi connectivity index (χ0) is 22.6. The van der Waals surface area contributed by atoms with Crippen LogP contribution in [0.1, 0.15) is 18.4 Å². The molecule has 3 rings (SSSR count). The van der Waals surface area contributed by atoms with Crippen LogP contribution in [-0.4, -0.2) is 32.2 Å². The Morgan fingerprint density at radius 1 is 1.19 bits per heavy atom. The molecule has 1 atom stereocenters. The molecule has 1 unspecified atom stereocenters. The number of nitrogens with one attached hydrogen (secondary N) is 1. The number of anilines is 1. The van der Waals surface area contributed by atoms with Crippen molar-refractivity contribution in [2.75, 3.05) is 17.9 Å². The summed E-state index contributed by atoms with van der Waals surface area (Å²) >= 11 is 0. The largest absolute Gasteiger partial charge is 0.314 e. The molecule has 9 nitrogen and oxygen atoms in total. The van der Waals surface area contributed by atoms with Crippen LogP contribution in [0.25, 0.3) is 0 Å². The molecule has 1 aliphatic heterocycles. The number of carbonyl (C=O) groups excluding carboxylic acids is 1. The Labute approximate surface area is 178 Å². The van der Waals surface area contributed by atoms with Gasteiger partial charge in [0.05, 0.1) is 17.2 Å². The minimum absolute atomic E-state index is 0.0502. The van der Waals surface area contributed by atoms with Gasteiger partial charge < -0.3 is 10.3 Å². The number of sulfone groups is 1. The first-order valence-corrected chi connectivity index (χ1v) is 11.1. The van der Waals surface area contributed by atoms with Crippen molar-refractivity contribution in [1.29, 1.82) is 0 Å². The molecule has 0 saturated heterocycles. The van der Waals surface area contributed by atoms with Gasteiger partial charge in [-0.1, -0.05) is 12.1 Å². The summed E-state index contributed by atoms with van der Waals surface area (Å²) < 4.78 is 37.1. The van der Waals surface area contributed by atoms with Crippen LogP contribution in [0.5, 0.6) is 0 Å². The first-order valence-electron chi connectivity index (χ1n) is 9.25. The van der Waals surface area contributed by atoms with E-state index in [9.17, 15) is 27.7 Å². The maximum Gasteiger partial charge on any atom is 0.294 e. The molecule has 164 valence electrons. The summed E-state index contributed by atoms with van der Waals surface area (Å²) in [5.74, 6) is -0.751. The number of rotatable bonds is 9. The molecular formula is C20H20FN3O6S. The SMILES string of the molecule is CS(=O)(=O)c1ccc(C2(C(=O)CCCO[N+](=O)[O-])C=CNN2c2ccc(F)cc2)cc1. The fraction of sp³-hybridized carbons (Fsp3) is 0.250. The zero-order valence-corrected chi connectivity index (χ0v) is 17.3. The van der Waals surface area contributed by atoms with Crippen molar-refractivity contribution in [1.82, 2.24) is 5.43 Å². The monoisotopic (exact) mass is 449 g/mol. The number of hydrazine groups is 1. The maximum absolute atomic E-state index is 13.4. The van der Waals surface area contributed by atoms with Gasteiger partial charge in [0.2, 0.25) is 0 Å². The second-order valence-electron chi connectivity index (χ2n) is 6.92. The number of halogens is 1. The van der Waals surface area contributed by atoms with Crippen molar-refractivity contribution >= 4 is 21.3 Å². The van der Waals surface area contributed by atoms with Crippen LogP contribution < -0.4 is 10.4 Å². The first-order chi connectivity index (χ1) is 14.6. The predicted octanol–water partition coefficient (Wildman–Crippen LogP) is 2.52. The molecule has 1 N–H and O–H groups in total. The lowest BCUT2D eigenvalue weighted by atomic mass is 9.83. The minimum Gasteiger partial charge on any atom is -0.314 e. The van der Waals surface area contributed by atoms with Crippen LogP contribution in [0, 0.1) is 15.9 Å². The molecule has 11 heteroatoms. The van der Waals surface area contributed by atoms with Gasteiger partial charge in [0.25, 0.3) is 5.09 Å². The summed E-state index contributed by atoms with van der Waals surface area (Å²) in [6, 6.07) is 11.4. The Morgan fingerprint density at radius 3 is 2.42 bits per heavy atom. The predicted molar refractivity (Wildman–Crippen MR) is 110 cm³/mol. The number of Topliss-reactive ketones (excluding diaryl/α,β-unsaturated/α-hetero) is 1. The van der Waals surface area contributed by atoms with Gasteiger partial charge in [-0.3, -0.25) is 9.80 Å². The Morgan fingerprint density at radius 2 is 1.84 bits per heavy atom. The van der Waals surface area contributed by atoms with Gasteiger partial charge in [0.15, 0.2) is 21.2 Å². The molecule has 0 aromatic heterocycles. The van der Waals surface area contributed by atoms with Gasteiger partial charge in [-0.15, -0.1) is 10.1 Å². The van der Waals surface area contributed by atoms with E-state index in [0.29, 0.717) is 11.3 Å². The molecule has 1 heterocycles. The Hall–Kier alpha value is -3.47. The smallest absolute Gasteiger partial charge is 0.294 e. The fourth-order valence-electron chi connectivity index (χ4n) is 3.40. The molecule has 0 radical (unpaired) electrons. The Balaban J connectivity index is 2.01. The van der Waals surface area contributed by atoms with E-state index in [1.165, 1.54) is 48.5 Å². The van der Waals surface area contributed by atoms with Gasteiger partial charge >= 0.3 is 0 Å². The molecule has 1 aliphatic rings.